The molecule has 0 radical (unpaired) electrons. The molecule has 4 nitrogen and oxygen atoms in total. The van der Waals surface area contributed by atoms with Crippen LogP contribution in [0.25, 0.3) is 0 Å². The Labute approximate surface area is 150 Å². The molecule has 0 aliphatic carbocycles. The maximum atomic E-state index is 12.6. The zero-order valence-electron chi connectivity index (χ0n) is 13.7. The highest BCUT2D eigenvalue weighted by atomic mass is 79.9. The third-order valence-electron chi connectivity index (χ3n) is 4.26. The van der Waals surface area contributed by atoms with Gasteiger partial charge < -0.3 is 5.32 Å². The SMILES string of the molecule is Cc1ccc(NC(=O)C(C)N2C(=O)CCc3cc(Br)ccc32)cc1. The van der Waals surface area contributed by atoms with Crippen molar-refractivity contribution in [3.05, 3.63) is 58.1 Å². The Hall–Kier alpha value is -2.14. The molecule has 24 heavy (non-hydrogen) atoms. The number of hydrogen-bond acceptors (Lipinski definition) is 2. The Bertz CT molecular complexity index is 786. The number of rotatable bonds is 3. The van der Waals surface area contributed by atoms with Gasteiger partial charge in [-0.05, 0) is 56.2 Å². The lowest BCUT2D eigenvalue weighted by molar-refractivity contribution is -0.123. The lowest BCUT2D eigenvalue weighted by atomic mass is 9.99. The molecule has 0 saturated heterocycles. The van der Waals surface area contributed by atoms with Crippen LogP contribution in [0.1, 0.15) is 24.5 Å². The van der Waals surface area contributed by atoms with Crippen LogP contribution in [-0.4, -0.2) is 17.9 Å². The molecule has 0 fully saturated rings. The average Bonchev–Trinajstić information content (AvgIpc) is 2.56. The number of carbonyl (C=O) groups excluding carboxylic acids is 2. The largest absolute Gasteiger partial charge is 0.324 e. The average molecular weight is 387 g/mol. The lowest BCUT2D eigenvalue weighted by Gasteiger charge is -2.33. The summed E-state index contributed by atoms with van der Waals surface area (Å²) >= 11 is 3.46. The zero-order valence-corrected chi connectivity index (χ0v) is 15.3. The normalized spacial score (nSPS) is 15.0. The number of benzene rings is 2. The molecule has 5 heteroatoms. The van der Waals surface area contributed by atoms with Gasteiger partial charge in [0.1, 0.15) is 6.04 Å². The summed E-state index contributed by atoms with van der Waals surface area (Å²) in [6.07, 6.45) is 1.13. The number of halogens is 1. The van der Waals surface area contributed by atoms with Crippen LogP contribution in [0.3, 0.4) is 0 Å². The van der Waals surface area contributed by atoms with E-state index in [0.29, 0.717) is 12.8 Å². The molecule has 1 aliphatic heterocycles. The number of fused-ring (bicyclic) bond motifs is 1. The summed E-state index contributed by atoms with van der Waals surface area (Å²) in [5.41, 5.74) is 3.77. The summed E-state index contributed by atoms with van der Waals surface area (Å²) < 4.78 is 0.979. The first kappa shape index (κ1) is 16.7. The summed E-state index contributed by atoms with van der Waals surface area (Å²) in [7, 11) is 0. The number of aryl methyl sites for hydroxylation is 2. The van der Waals surface area contributed by atoms with Crippen molar-refractivity contribution in [2.45, 2.75) is 32.7 Å². The van der Waals surface area contributed by atoms with Crippen LogP contribution in [-0.2, 0) is 16.0 Å². The molecule has 1 N–H and O–H groups in total. The second-order valence-electron chi connectivity index (χ2n) is 6.07. The molecule has 124 valence electrons. The van der Waals surface area contributed by atoms with Gasteiger partial charge in [0.25, 0.3) is 0 Å². The van der Waals surface area contributed by atoms with E-state index >= 15 is 0 Å². The summed E-state index contributed by atoms with van der Waals surface area (Å²) in [6, 6.07) is 12.9. The van der Waals surface area contributed by atoms with Crippen molar-refractivity contribution in [3.8, 4) is 0 Å². The van der Waals surface area contributed by atoms with Crippen molar-refractivity contribution < 1.29 is 9.59 Å². The minimum absolute atomic E-state index is 0.0172. The van der Waals surface area contributed by atoms with E-state index in [1.807, 2.05) is 49.4 Å². The number of anilines is 2. The molecule has 0 saturated carbocycles. The van der Waals surface area contributed by atoms with Crippen molar-refractivity contribution in [1.29, 1.82) is 0 Å². The van der Waals surface area contributed by atoms with E-state index in [9.17, 15) is 9.59 Å². The number of nitrogens with zero attached hydrogens (tertiary/aromatic N) is 1. The fourth-order valence-electron chi connectivity index (χ4n) is 2.91. The zero-order chi connectivity index (χ0) is 17.3. The molecule has 2 aromatic rings. The van der Waals surface area contributed by atoms with Crippen LogP contribution >= 0.6 is 15.9 Å². The van der Waals surface area contributed by atoms with E-state index in [-0.39, 0.29) is 11.8 Å². The maximum absolute atomic E-state index is 12.6. The first-order valence-electron chi connectivity index (χ1n) is 7.94. The van der Waals surface area contributed by atoms with Gasteiger partial charge in [0.2, 0.25) is 11.8 Å². The topological polar surface area (TPSA) is 49.4 Å². The summed E-state index contributed by atoms with van der Waals surface area (Å²) in [5.74, 6) is -0.209. The van der Waals surface area contributed by atoms with Gasteiger partial charge in [0, 0.05) is 22.3 Å². The molecule has 2 aromatic carbocycles. The summed E-state index contributed by atoms with van der Waals surface area (Å²) in [6.45, 7) is 3.76. The molecule has 0 spiro atoms. The van der Waals surface area contributed by atoms with Crippen LogP contribution in [0, 0.1) is 6.92 Å². The number of nitrogens with one attached hydrogen (secondary N) is 1. The first-order valence-corrected chi connectivity index (χ1v) is 8.73. The van der Waals surface area contributed by atoms with Gasteiger partial charge in [-0.15, -0.1) is 0 Å². The molecule has 1 aliphatic rings. The third-order valence-corrected chi connectivity index (χ3v) is 4.76. The summed E-state index contributed by atoms with van der Waals surface area (Å²) in [5, 5.41) is 2.89. The van der Waals surface area contributed by atoms with E-state index in [2.05, 4.69) is 21.2 Å². The van der Waals surface area contributed by atoms with Gasteiger partial charge >= 0.3 is 0 Å². The van der Waals surface area contributed by atoms with Gasteiger partial charge in [0.15, 0.2) is 0 Å². The van der Waals surface area contributed by atoms with E-state index in [4.69, 9.17) is 0 Å². The van der Waals surface area contributed by atoms with E-state index in [1.165, 1.54) is 0 Å². The van der Waals surface area contributed by atoms with Crippen molar-refractivity contribution in [1.82, 2.24) is 0 Å². The second kappa shape index (κ2) is 6.77. The number of amides is 2. The number of hydrogen-bond donors (Lipinski definition) is 1. The van der Waals surface area contributed by atoms with Gasteiger partial charge in [-0.25, -0.2) is 0 Å². The van der Waals surface area contributed by atoms with Crippen molar-refractivity contribution in [2.75, 3.05) is 10.2 Å². The quantitative estimate of drug-likeness (QED) is 0.864. The molecular weight excluding hydrogens is 368 g/mol. The minimum Gasteiger partial charge on any atom is -0.324 e. The lowest BCUT2D eigenvalue weighted by Crippen LogP contribution is -2.47. The smallest absolute Gasteiger partial charge is 0.247 e. The molecule has 0 aromatic heterocycles. The van der Waals surface area contributed by atoms with Crippen molar-refractivity contribution in [3.63, 3.8) is 0 Å². The predicted octanol–water partition coefficient (Wildman–Crippen LogP) is 4.06. The molecule has 1 atom stereocenters. The van der Waals surface area contributed by atoms with Crippen LogP contribution < -0.4 is 10.2 Å². The number of carbonyl (C=O) groups is 2. The molecular formula is C19H19BrN2O2. The van der Waals surface area contributed by atoms with Crippen molar-refractivity contribution in [2.24, 2.45) is 0 Å². The highest BCUT2D eigenvalue weighted by Gasteiger charge is 2.31. The monoisotopic (exact) mass is 386 g/mol. The fourth-order valence-corrected chi connectivity index (χ4v) is 3.32. The first-order chi connectivity index (χ1) is 11.5. The third kappa shape index (κ3) is 3.36. The predicted molar refractivity (Wildman–Crippen MR) is 99.2 cm³/mol. The van der Waals surface area contributed by atoms with E-state index in [0.717, 1.165) is 27.0 Å². The Morgan fingerprint density at radius 2 is 1.88 bits per heavy atom. The van der Waals surface area contributed by atoms with Gasteiger partial charge in [-0.1, -0.05) is 33.6 Å². The van der Waals surface area contributed by atoms with Gasteiger partial charge in [-0.2, -0.15) is 0 Å². The molecule has 2 amide bonds. The Balaban J connectivity index is 1.83. The van der Waals surface area contributed by atoms with E-state index < -0.39 is 6.04 Å². The van der Waals surface area contributed by atoms with Crippen LogP contribution in [0.15, 0.2) is 46.9 Å². The molecule has 0 bridgehead atoms. The van der Waals surface area contributed by atoms with Crippen LogP contribution in [0.4, 0.5) is 11.4 Å². The fraction of sp³-hybridized carbons (Fsp3) is 0.263. The van der Waals surface area contributed by atoms with Gasteiger partial charge in [-0.3, -0.25) is 14.5 Å². The Morgan fingerprint density at radius 3 is 2.58 bits per heavy atom. The van der Waals surface area contributed by atoms with Crippen LogP contribution in [0.5, 0.6) is 0 Å². The Kier molecular flexibility index (Phi) is 4.71. The van der Waals surface area contributed by atoms with Crippen LogP contribution in [0.2, 0.25) is 0 Å². The molecule has 1 heterocycles. The molecule has 1 unspecified atom stereocenters. The maximum Gasteiger partial charge on any atom is 0.247 e. The highest BCUT2D eigenvalue weighted by molar-refractivity contribution is 9.10. The van der Waals surface area contributed by atoms with Gasteiger partial charge in [0.05, 0.1) is 0 Å². The highest BCUT2D eigenvalue weighted by Crippen LogP contribution is 2.32. The minimum atomic E-state index is -0.570. The molecule has 3 rings (SSSR count). The van der Waals surface area contributed by atoms with Crippen molar-refractivity contribution >= 4 is 39.1 Å². The second-order valence-corrected chi connectivity index (χ2v) is 6.98. The Morgan fingerprint density at radius 1 is 1.17 bits per heavy atom. The summed E-state index contributed by atoms with van der Waals surface area (Å²) in [4.78, 5) is 26.6. The van der Waals surface area contributed by atoms with E-state index in [1.54, 1.807) is 11.8 Å². The standard InChI is InChI=1S/C19H19BrN2O2/c1-12-3-7-16(8-4-12)21-19(24)13(2)22-17-9-6-15(20)11-14(17)5-10-18(22)23/h3-4,6-9,11,13H,5,10H2,1-2H3,(H,21,24).